The molecule has 10 heteroatoms. The van der Waals surface area contributed by atoms with Crippen LogP contribution >= 0.6 is 0 Å². The second kappa shape index (κ2) is 13.5. The van der Waals surface area contributed by atoms with E-state index in [4.69, 9.17) is 15.3 Å². The molecule has 1 unspecified atom stereocenters. The Kier molecular flexibility index (Phi) is 12.2. The Morgan fingerprint density at radius 1 is 0.786 bits per heavy atom. The first-order valence-corrected chi connectivity index (χ1v) is 9.28. The molecule has 160 valence electrons. The lowest BCUT2D eigenvalue weighted by molar-refractivity contribution is -0.144. The summed E-state index contributed by atoms with van der Waals surface area (Å²) in [5.41, 5.74) is 0. The summed E-state index contributed by atoms with van der Waals surface area (Å²) in [6.45, 7) is 3.70. The van der Waals surface area contributed by atoms with Crippen molar-refractivity contribution in [1.82, 2.24) is 10.2 Å². The number of carbonyl (C=O) groups is 5. The molecule has 0 fully saturated rings. The highest BCUT2D eigenvalue weighted by atomic mass is 16.4. The number of nitrogens with one attached hydrogen (secondary N) is 1. The third-order valence-corrected chi connectivity index (χ3v) is 3.99. The summed E-state index contributed by atoms with van der Waals surface area (Å²) in [5.74, 6) is -4.14. The zero-order valence-electron chi connectivity index (χ0n) is 16.3. The zero-order valence-corrected chi connectivity index (χ0v) is 16.3. The third kappa shape index (κ3) is 11.1. The molecule has 0 spiro atoms. The normalized spacial score (nSPS) is 11.7. The van der Waals surface area contributed by atoms with Gasteiger partial charge in [0.15, 0.2) is 0 Å². The van der Waals surface area contributed by atoms with Gasteiger partial charge in [0, 0.05) is 38.8 Å². The van der Waals surface area contributed by atoms with Gasteiger partial charge in [0.1, 0.15) is 6.04 Å². The van der Waals surface area contributed by atoms with E-state index in [2.05, 4.69) is 5.32 Å². The summed E-state index contributed by atoms with van der Waals surface area (Å²) in [6.07, 6.45) is 0.0337. The molecule has 28 heavy (non-hydrogen) atoms. The molecule has 0 aliphatic heterocycles. The number of carbonyl (C=O) groups excluding carboxylic acids is 2. The van der Waals surface area contributed by atoms with Gasteiger partial charge in [0.05, 0.1) is 0 Å². The number of rotatable bonds is 15. The van der Waals surface area contributed by atoms with Crippen LogP contribution in [0.25, 0.3) is 0 Å². The second-order valence-corrected chi connectivity index (χ2v) is 6.81. The van der Waals surface area contributed by atoms with Gasteiger partial charge in [0.25, 0.3) is 0 Å². The number of nitrogens with zero attached hydrogens (tertiary/aromatic N) is 1. The van der Waals surface area contributed by atoms with Gasteiger partial charge < -0.3 is 25.5 Å². The molecule has 0 aliphatic carbocycles. The van der Waals surface area contributed by atoms with Gasteiger partial charge in [-0.3, -0.25) is 24.0 Å². The molecular weight excluding hydrogens is 372 g/mol. The van der Waals surface area contributed by atoms with Gasteiger partial charge in [-0.25, -0.2) is 0 Å². The Morgan fingerprint density at radius 2 is 1.29 bits per heavy atom. The smallest absolute Gasteiger partial charge is 0.303 e. The monoisotopic (exact) mass is 402 g/mol. The molecule has 0 rings (SSSR count). The first-order chi connectivity index (χ1) is 13.1. The van der Waals surface area contributed by atoms with Crippen LogP contribution < -0.4 is 5.32 Å². The van der Waals surface area contributed by atoms with Crippen LogP contribution in [0.4, 0.5) is 0 Å². The van der Waals surface area contributed by atoms with Crippen LogP contribution in [-0.4, -0.2) is 69.1 Å². The van der Waals surface area contributed by atoms with Crippen molar-refractivity contribution in [2.75, 3.05) is 13.1 Å². The van der Waals surface area contributed by atoms with E-state index in [1.54, 1.807) is 13.8 Å². The van der Waals surface area contributed by atoms with E-state index in [-0.39, 0.29) is 64.0 Å². The molecule has 0 radical (unpaired) electrons. The van der Waals surface area contributed by atoms with Crippen molar-refractivity contribution in [3.8, 4) is 0 Å². The van der Waals surface area contributed by atoms with Gasteiger partial charge >= 0.3 is 17.9 Å². The topological polar surface area (TPSA) is 161 Å². The molecule has 0 saturated carbocycles. The van der Waals surface area contributed by atoms with Crippen LogP contribution in [-0.2, 0) is 24.0 Å². The van der Waals surface area contributed by atoms with Crippen LogP contribution in [0.5, 0.6) is 0 Å². The van der Waals surface area contributed by atoms with E-state index in [0.717, 1.165) is 0 Å². The van der Waals surface area contributed by atoms with Crippen LogP contribution in [0.15, 0.2) is 0 Å². The molecule has 0 aromatic rings. The van der Waals surface area contributed by atoms with E-state index >= 15 is 0 Å². The molecule has 10 nitrogen and oxygen atoms in total. The number of carboxylic acid groups (broad SMARTS) is 3. The van der Waals surface area contributed by atoms with Crippen molar-refractivity contribution >= 4 is 29.7 Å². The molecule has 0 aromatic carbocycles. The third-order valence-electron chi connectivity index (χ3n) is 3.99. The average molecular weight is 402 g/mol. The van der Waals surface area contributed by atoms with Crippen molar-refractivity contribution in [3.05, 3.63) is 0 Å². The molecular formula is C18H30N2O8. The largest absolute Gasteiger partial charge is 0.481 e. The second-order valence-electron chi connectivity index (χ2n) is 6.81. The molecule has 0 aliphatic rings. The SMILES string of the molecule is CC(C)C(C(=O)NCCCC(=O)O)N(CCCC(=O)O)C(=O)CCCC(=O)O. The molecule has 0 aromatic heterocycles. The minimum Gasteiger partial charge on any atom is -0.481 e. The fourth-order valence-corrected chi connectivity index (χ4v) is 2.71. The molecule has 0 heterocycles. The molecule has 4 N–H and O–H groups in total. The average Bonchev–Trinajstić information content (AvgIpc) is 2.56. The molecule has 1 atom stereocenters. The minimum absolute atomic E-state index is 0.0591. The fourth-order valence-electron chi connectivity index (χ4n) is 2.71. The van der Waals surface area contributed by atoms with E-state index in [0.29, 0.717) is 0 Å². The quantitative estimate of drug-likeness (QED) is 0.294. The molecule has 0 bridgehead atoms. The number of hydrogen-bond acceptors (Lipinski definition) is 5. The zero-order chi connectivity index (χ0) is 21.7. The lowest BCUT2D eigenvalue weighted by atomic mass is 10.00. The number of hydrogen-bond donors (Lipinski definition) is 4. The van der Waals surface area contributed by atoms with Crippen molar-refractivity contribution in [1.29, 1.82) is 0 Å². The Bertz CT molecular complexity index is 562. The number of carboxylic acids is 3. The fraction of sp³-hybridized carbons (Fsp3) is 0.722. The van der Waals surface area contributed by atoms with Gasteiger partial charge in [-0.15, -0.1) is 0 Å². The van der Waals surface area contributed by atoms with Gasteiger partial charge in [-0.2, -0.15) is 0 Å². The summed E-state index contributed by atoms with van der Waals surface area (Å²) in [6, 6.07) is -0.851. The van der Waals surface area contributed by atoms with E-state index in [1.165, 1.54) is 4.90 Å². The van der Waals surface area contributed by atoms with Crippen LogP contribution in [0.2, 0.25) is 0 Å². The van der Waals surface area contributed by atoms with Gasteiger partial charge in [0.2, 0.25) is 11.8 Å². The number of aliphatic carboxylic acids is 3. The number of amides is 2. The first kappa shape index (κ1) is 25.4. The van der Waals surface area contributed by atoms with E-state index in [1.807, 2.05) is 0 Å². The van der Waals surface area contributed by atoms with Crippen molar-refractivity contribution in [2.45, 2.75) is 64.8 Å². The Morgan fingerprint density at radius 3 is 1.79 bits per heavy atom. The van der Waals surface area contributed by atoms with Crippen LogP contribution in [0, 0.1) is 5.92 Å². The van der Waals surface area contributed by atoms with E-state index in [9.17, 15) is 24.0 Å². The Labute approximate surface area is 163 Å². The maximum atomic E-state index is 12.6. The van der Waals surface area contributed by atoms with Crippen LogP contribution in [0.3, 0.4) is 0 Å². The molecule has 2 amide bonds. The summed E-state index contributed by atoms with van der Waals surface area (Å²) >= 11 is 0. The highest BCUT2D eigenvalue weighted by Gasteiger charge is 2.31. The Balaban J connectivity index is 5.11. The van der Waals surface area contributed by atoms with Gasteiger partial charge in [-0.1, -0.05) is 13.8 Å². The predicted molar refractivity (Wildman–Crippen MR) is 98.6 cm³/mol. The lowest BCUT2D eigenvalue weighted by Crippen LogP contribution is -2.52. The van der Waals surface area contributed by atoms with Gasteiger partial charge in [-0.05, 0) is 25.2 Å². The Hall–Kier alpha value is -2.65. The summed E-state index contributed by atoms with van der Waals surface area (Å²) in [7, 11) is 0. The maximum absolute atomic E-state index is 12.6. The summed E-state index contributed by atoms with van der Waals surface area (Å²) in [5, 5.41) is 28.8. The minimum atomic E-state index is -1.03. The van der Waals surface area contributed by atoms with Crippen LogP contribution in [0.1, 0.15) is 58.8 Å². The lowest BCUT2D eigenvalue weighted by Gasteiger charge is -2.33. The van der Waals surface area contributed by atoms with Crippen molar-refractivity contribution in [3.63, 3.8) is 0 Å². The summed E-state index contributed by atoms with van der Waals surface area (Å²) in [4.78, 5) is 58.5. The molecule has 0 saturated heterocycles. The summed E-state index contributed by atoms with van der Waals surface area (Å²) < 4.78 is 0. The highest BCUT2D eigenvalue weighted by molar-refractivity contribution is 5.88. The standard InChI is InChI=1S/C18H30N2O8/c1-12(2)17(18(28)19-10-4-8-15(24)25)20(11-5-9-16(26)27)13(21)6-3-7-14(22)23/h12,17H,3-11H2,1-2H3,(H,19,28)(H,22,23)(H,24,25)(H,26,27). The first-order valence-electron chi connectivity index (χ1n) is 9.28. The maximum Gasteiger partial charge on any atom is 0.303 e. The predicted octanol–water partition coefficient (Wildman–Crippen LogP) is 0.940. The highest BCUT2D eigenvalue weighted by Crippen LogP contribution is 2.16. The van der Waals surface area contributed by atoms with Crippen molar-refractivity contribution < 1.29 is 39.3 Å². The van der Waals surface area contributed by atoms with E-state index < -0.39 is 35.8 Å². The van der Waals surface area contributed by atoms with Crippen molar-refractivity contribution in [2.24, 2.45) is 5.92 Å².